The summed E-state index contributed by atoms with van der Waals surface area (Å²) in [7, 11) is 3.64. The normalized spacial score (nSPS) is 9.74. The molecule has 96 valence electrons. The van der Waals surface area contributed by atoms with E-state index in [9.17, 15) is 0 Å². The van der Waals surface area contributed by atoms with Gasteiger partial charge in [0, 0.05) is 13.6 Å². The maximum Gasteiger partial charge on any atom is 0.119 e. The van der Waals surface area contributed by atoms with Gasteiger partial charge in [-0.25, -0.2) is 0 Å². The average Bonchev–Trinajstić information content (AvgIpc) is 2.47. The minimum Gasteiger partial charge on any atom is -0.497 e. The van der Waals surface area contributed by atoms with Crippen LogP contribution < -0.4 is 9.64 Å². The number of hydrogen-bond donors (Lipinski definition) is 0. The molecule has 0 spiro atoms. The lowest BCUT2D eigenvalue weighted by Crippen LogP contribution is -2.17. The van der Waals surface area contributed by atoms with Crippen LogP contribution in [0.5, 0.6) is 5.75 Å². The molecule has 0 aliphatic heterocycles. The average molecular weight is 252 g/mol. The van der Waals surface area contributed by atoms with Crippen molar-refractivity contribution in [3.63, 3.8) is 0 Å². The molecular formula is C16H16N2O. The summed E-state index contributed by atoms with van der Waals surface area (Å²) in [5, 5.41) is 9.12. The van der Waals surface area contributed by atoms with E-state index in [2.05, 4.69) is 11.0 Å². The van der Waals surface area contributed by atoms with Gasteiger partial charge in [-0.3, -0.25) is 0 Å². The second kappa shape index (κ2) is 5.92. The molecule has 0 aromatic heterocycles. The Labute approximate surface area is 113 Å². The van der Waals surface area contributed by atoms with E-state index in [1.807, 2.05) is 55.6 Å². The van der Waals surface area contributed by atoms with Crippen LogP contribution in [0.15, 0.2) is 48.5 Å². The molecule has 0 radical (unpaired) electrons. The summed E-state index contributed by atoms with van der Waals surface area (Å²) < 4.78 is 5.22. The summed E-state index contributed by atoms with van der Waals surface area (Å²) in [6.45, 7) is 0.732. The van der Waals surface area contributed by atoms with E-state index in [-0.39, 0.29) is 0 Å². The number of methoxy groups -OCH3 is 1. The van der Waals surface area contributed by atoms with E-state index in [1.165, 1.54) is 0 Å². The van der Waals surface area contributed by atoms with Crippen LogP contribution in [0.4, 0.5) is 5.69 Å². The fraction of sp³-hybridized carbons (Fsp3) is 0.188. The Morgan fingerprint density at radius 1 is 1.16 bits per heavy atom. The van der Waals surface area contributed by atoms with Gasteiger partial charge < -0.3 is 9.64 Å². The third-order valence-corrected chi connectivity index (χ3v) is 2.99. The maximum atomic E-state index is 9.12. The summed E-state index contributed by atoms with van der Waals surface area (Å²) in [5.41, 5.74) is 2.77. The molecule has 0 saturated carbocycles. The highest BCUT2D eigenvalue weighted by molar-refractivity contribution is 5.58. The van der Waals surface area contributed by atoms with Crippen LogP contribution in [0, 0.1) is 11.3 Å². The van der Waals surface area contributed by atoms with Crippen molar-refractivity contribution in [2.24, 2.45) is 0 Å². The van der Waals surface area contributed by atoms with E-state index in [1.54, 1.807) is 7.11 Å². The molecular weight excluding hydrogens is 236 g/mol. The zero-order valence-electron chi connectivity index (χ0n) is 11.1. The van der Waals surface area contributed by atoms with Crippen LogP contribution in [-0.2, 0) is 6.54 Å². The van der Waals surface area contributed by atoms with Crippen molar-refractivity contribution < 1.29 is 4.74 Å². The number of nitrogens with zero attached hydrogens (tertiary/aromatic N) is 2. The molecule has 0 N–H and O–H groups in total. The standard InChI is InChI=1S/C16H16N2O/c1-18(16-9-4-3-7-14(16)11-17)12-13-6-5-8-15(10-13)19-2/h3-10H,12H2,1-2H3. The van der Waals surface area contributed by atoms with E-state index < -0.39 is 0 Å². The lowest BCUT2D eigenvalue weighted by atomic mass is 10.1. The number of ether oxygens (including phenoxy) is 1. The molecule has 0 aliphatic carbocycles. The summed E-state index contributed by atoms with van der Waals surface area (Å²) in [4.78, 5) is 2.06. The number of nitriles is 1. The minimum atomic E-state index is 0.688. The van der Waals surface area contributed by atoms with Crippen molar-refractivity contribution in [1.29, 1.82) is 5.26 Å². The first-order valence-corrected chi connectivity index (χ1v) is 6.08. The van der Waals surface area contributed by atoms with Crippen LogP contribution >= 0.6 is 0 Å². The molecule has 0 atom stereocenters. The fourth-order valence-corrected chi connectivity index (χ4v) is 2.03. The molecule has 3 heteroatoms. The first-order chi connectivity index (χ1) is 9.24. The highest BCUT2D eigenvalue weighted by Gasteiger charge is 2.07. The molecule has 0 heterocycles. The second-order valence-corrected chi connectivity index (χ2v) is 4.34. The smallest absolute Gasteiger partial charge is 0.119 e. The van der Waals surface area contributed by atoms with Gasteiger partial charge in [-0.1, -0.05) is 24.3 Å². The van der Waals surface area contributed by atoms with Gasteiger partial charge >= 0.3 is 0 Å². The first-order valence-electron chi connectivity index (χ1n) is 6.08. The van der Waals surface area contributed by atoms with Crippen molar-refractivity contribution in [1.82, 2.24) is 0 Å². The Morgan fingerprint density at radius 3 is 2.68 bits per heavy atom. The molecule has 3 nitrogen and oxygen atoms in total. The molecule has 19 heavy (non-hydrogen) atoms. The Bertz CT molecular complexity index is 602. The molecule has 2 rings (SSSR count). The third kappa shape index (κ3) is 3.05. The molecule has 0 aliphatic rings. The predicted molar refractivity (Wildman–Crippen MR) is 76.3 cm³/mol. The van der Waals surface area contributed by atoms with Gasteiger partial charge in [-0.05, 0) is 29.8 Å². The van der Waals surface area contributed by atoms with Crippen molar-refractivity contribution in [2.45, 2.75) is 6.54 Å². The number of rotatable bonds is 4. The van der Waals surface area contributed by atoms with Crippen LogP contribution in [0.1, 0.15) is 11.1 Å². The van der Waals surface area contributed by atoms with Crippen molar-refractivity contribution in [2.75, 3.05) is 19.1 Å². The van der Waals surface area contributed by atoms with Crippen LogP contribution in [-0.4, -0.2) is 14.2 Å². The Kier molecular flexibility index (Phi) is 4.04. The van der Waals surface area contributed by atoms with Crippen LogP contribution in [0.3, 0.4) is 0 Å². The van der Waals surface area contributed by atoms with Gasteiger partial charge in [0.15, 0.2) is 0 Å². The monoisotopic (exact) mass is 252 g/mol. The molecule has 0 saturated heterocycles. The van der Waals surface area contributed by atoms with Crippen molar-refractivity contribution in [3.8, 4) is 11.8 Å². The number of anilines is 1. The molecule has 0 unspecified atom stereocenters. The highest BCUT2D eigenvalue weighted by atomic mass is 16.5. The van der Waals surface area contributed by atoms with Gasteiger partial charge in [-0.2, -0.15) is 5.26 Å². The summed E-state index contributed by atoms with van der Waals surface area (Å²) in [6, 6.07) is 17.8. The minimum absolute atomic E-state index is 0.688. The highest BCUT2D eigenvalue weighted by Crippen LogP contribution is 2.21. The maximum absolute atomic E-state index is 9.12. The van der Waals surface area contributed by atoms with Crippen LogP contribution in [0.2, 0.25) is 0 Å². The van der Waals surface area contributed by atoms with Gasteiger partial charge in [0.1, 0.15) is 11.8 Å². The quantitative estimate of drug-likeness (QED) is 0.838. The SMILES string of the molecule is COc1cccc(CN(C)c2ccccc2C#N)c1. The van der Waals surface area contributed by atoms with Gasteiger partial charge in [0.05, 0.1) is 18.4 Å². The van der Waals surface area contributed by atoms with E-state index in [0.717, 1.165) is 23.5 Å². The van der Waals surface area contributed by atoms with E-state index >= 15 is 0 Å². The van der Waals surface area contributed by atoms with Gasteiger partial charge in [0.25, 0.3) is 0 Å². The molecule has 2 aromatic rings. The number of para-hydroxylation sites is 1. The summed E-state index contributed by atoms with van der Waals surface area (Å²) >= 11 is 0. The number of hydrogen-bond acceptors (Lipinski definition) is 3. The van der Waals surface area contributed by atoms with E-state index in [4.69, 9.17) is 10.00 Å². The fourth-order valence-electron chi connectivity index (χ4n) is 2.03. The third-order valence-electron chi connectivity index (χ3n) is 2.99. The van der Waals surface area contributed by atoms with Crippen molar-refractivity contribution in [3.05, 3.63) is 59.7 Å². The molecule has 2 aromatic carbocycles. The predicted octanol–water partition coefficient (Wildman–Crippen LogP) is 3.20. The molecule has 0 amide bonds. The number of benzene rings is 2. The van der Waals surface area contributed by atoms with Gasteiger partial charge in [-0.15, -0.1) is 0 Å². The zero-order chi connectivity index (χ0) is 13.7. The topological polar surface area (TPSA) is 36.3 Å². The Morgan fingerprint density at radius 2 is 1.95 bits per heavy atom. The molecule has 0 fully saturated rings. The van der Waals surface area contributed by atoms with Gasteiger partial charge in [0.2, 0.25) is 0 Å². The summed E-state index contributed by atoms with van der Waals surface area (Å²) in [5.74, 6) is 0.847. The summed E-state index contributed by atoms with van der Waals surface area (Å²) in [6.07, 6.45) is 0. The Hall–Kier alpha value is -2.47. The second-order valence-electron chi connectivity index (χ2n) is 4.34. The lowest BCUT2D eigenvalue weighted by molar-refractivity contribution is 0.414. The zero-order valence-corrected chi connectivity index (χ0v) is 11.1. The lowest BCUT2D eigenvalue weighted by Gasteiger charge is -2.20. The van der Waals surface area contributed by atoms with Crippen LogP contribution in [0.25, 0.3) is 0 Å². The van der Waals surface area contributed by atoms with Crippen molar-refractivity contribution >= 4 is 5.69 Å². The molecule has 0 bridgehead atoms. The van der Waals surface area contributed by atoms with E-state index in [0.29, 0.717) is 5.56 Å². The Balaban J connectivity index is 2.21. The first kappa shape index (κ1) is 13.0. The largest absolute Gasteiger partial charge is 0.497 e.